The van der Waals surface area contributed by atoms with E-state index in [1.165, 1.54) is 193 Å². The second-order valence-electron chi connectivity index (χ2n) is 27.3. The molecule has 17 nitrogen and oxygen atoms in total. The van der Waals surface area contributed by atoms with Gasteiger partial charge in [-0.25, -0.2) is 9.13 Å². The van der Waals surface area contributed by atoms with Gasteiger partial charge in [0.2, 0.25) is 0 Å². The Balaban J connectivity index is 5.26. The number of hydrogen-bond donors (Lipinski definition) is 3. The largest absolute Gasteiger partial charge is 0.472 e. The minimum atomic E-state index is -4.95. The molecule has 0 bridgehead atoms. The van der Waals surface area contributed by atoms with Crippen LogP contribution in [0.5, 0.6) is 0 Å². The van der Waals surface area contributed by atoms with Gasteiger partial charge in [-0.1, -0.05) is 324 Å². The van der Waals surface area contributed by atoms with Crippen molar-refractivity contribution in [2.75, 3.05) is 39.6 Å². The highest BCUT2D eigenvalue weighted by Crippen LogP contribution is 2.45. The summed E-state index contributed by atoms with van der Waals surface area (Å²) in [6, 6.07) is 0. The van der Waals surface area contributed by atoms with Gasteiger partial charge >= 0.3 is 39.5 Å². The van der Waals surface area contributed by atoms with E-state index < -0.39 is 97.5 Å². The predicted octanol–water partition coefficient (Wildman–Crippen LogP) is 21.2. The first-order valence-electron chi connectivity index (χ1n) is 38.0. The van der Waals surface area contributed by atoms with Crippen molar-refractivity contribution < 1.29 is 80.2 Å². The number of rotatable bonds is 72. The maximum Gasteiger partial charge on any atom is 0.472 e. The van der Waals surface area contributed by atoms with Crippen molar-refractivity contribution >= 4 is 39.5 Å². The standard InChI is InChI=1S/C73H142O17P2/c1-7-9-11-13-15-17-19-26-33-39-45-51-57-72(77)89-68(61-83-70(75)55-49-43-37-31-23-18-16-14-12-10-8-2)63-87-91(79,80)85-59-67(74)60-86-92(81,82)88-64-69(62-84-71(76)56-50-44-38-32-28-22-25-30-36-42-48-54-66(5)6)90-73(78)58-52-46-40-34-27-21-20-24-29-35-41-47-53-65(3)4/h65-69,74H,7-64H2,1-6H3,(H,79,80)(H,81,82)/t67-,68+,69+/m0/s1. The van der Waals surface area contributed by atoms with Crippen molar-refractivity contribution in [1.82, 2.24) is 0 Å². The number of esters is 4. The van der Waals surface area contributed by atoms with Crippen molar-refractivity contribution in [3.63, 3.8) is 0 Å². The molecule has 0 amide bonds. The van der Waals surface area contributed by atoms with Crippen molar-refractivity contribution in [3.05, 3.63) is 0 Å². The van der Waals surface area contributed by atoms with Gasteiger partial charge in [0, 0.05) is 25.7 Å². The van der Waals surface area contributed by atoms with Gasteiger partial charge in [-0.15, -0.1) is 0 Å². The zero-order valence-electron chi connectivity index (χ0n) is 59.9. The third-order valence-electron chi connectivity index (χ3n) is 17.0. The zero-order valence-corrected chi connectivity index (χ0v) is 61.6. The Morgan fingerprint density at radius 1 is 0.293 bits per heavy atom. The Bertz CT molecular complexity index is 1790. The normalized spacial score (nSPS) is 14.1. The number of unbranched alkanes of at least 4 members (excludes halogenated alkanes) is 42. The Morgan fingerprint density at radius 2 is 0.500 bits per heavy atom. The van der Waals surface area contributed by atoms with Crippen LogP contribution in [0.2, 0.25) is 0 Å². The lowest BCUT2D eigenvalue weighted by molar-refractivity contribution is -0.161. The van der Waals surface area contributed by atoms with E-state index in [2.05, 4.69) is 41.5 Å². The summed E-state index contributed by atoms with van der Waals surface area (Å²) in [4.78, 5) is 72.7. The van der Waals surface area contributed by atoms with Crippen LogP contribution in [-0.4, -0.2) is 96.7 Å². The highest BCUT2D eigenvalue weighted by molar-refractivity contribution is 7.47. The molecule has 0 fully saturated rings. The van der Waals surface area contributed by atoms with Crippen LogP contribution in [0.3, 0.4) is 0 Å². The Hall–Kier alpha value is -1.94. The first kappa shape index (κ1) is 90.1. The Kier molecular flexibility index (Phi) is 63.7. The summed E-state index contributed by atoms with van der Waals surface area (Å²) in [7, 11) is -9.90. The van der Waals surface area contributed by atoms with E-state index in [-0.39, 0.29) is 25.7 Å². The van der Waals surface area contributed by atoms with E-state index in [9.17, 15) is 43.2 Å². The molecule has 0 saturated carbocycles. The Labute approximate surface area is 562 Å². The lowest BCUT2D eigenvalue weighted by Crippen LogP contribution is -2.30. The van der Waals surface area contributed by atoms with E-state index in [0.29, 0.717) is 25.7 Å². The summed E-state index contributed by atoms with van der Waals surface area (Å²) in [6.45, 7) is 9.59. The van der Waals surface area contributed by atoms with Gasteiger partial charge in [-0.2, -0.15) is 0 Å². The van der Waals surface area contributed by atoms with Gasteiger partial charge in [-0.3, -0.25) is 37.3 Å². The number of ether oxygens (including phenoxy) is 4. The molecule has 0 rings (SSSR count). The topological polar surface area (TPSA) is 237 Å². The van der Waals surface area contributed by atoms with Gasteiger partial charge in [0.15, 0.2) is 12.2 Å². The number of phosphoric acid groups is 2. The van der Waals surface area contributed by atoms with Crippen molar-refractivity contribution in [3.8, 4) is 0 Å². The summed E-state index contributed by atoms with van der Waals surface area (Å²) in [5.74, 6) is -0.570. The van der Waals surface area contributed by atoms with Gasteiger partial charge in [0.1, 0.15) is 19.3 Å². The van der Waals surface area contributed by atoms with Crippen molar-refractivity contribution in [2.45, 2.75) is 394 Å². The van der Waals surface area contributed by atoms with Gasteiger partial charge in [0.25, 0.3) is 0 Å². The molecular formula is C73H142O17P2. The first-order chi connectivity index (χ1) is 44.4. The average molecular weight is 1350 g/mol. The lowest BCUT2D eigenvalue weighted by atomic mass is 10.0. The van der Waals surface area contributed by atoms with E-state index in [1.807, 2.05) is 0 Å². The van der Waals surface area contributed by atoms with Crippen LogP contribution in [0.1, 0.15) is 375 Å². The van der Waals surface area contributed by atoms with Crippen LogP contribution in [0, 0.1) is 11.8 Å². The number of aliphatic hydroxyl groups excluding tert-OH is 1. The number of hydrogen-bond acceptors (Lipinski definition) is 15. The minimum Gasteiger partial charge on any atom is -0.462 e. The van der Waals surface area contributed by atoms with Crippen LogP contribution in [0.4, 0.5) is 0 Å². The molecular weight excluding hydrogens is 1210 g/mol. The molecule has 0 saturated heterocycles. The van der Waals surface area contributed by atoms with Crippen LogP contribution < -0.4 is 0 Å². The van der Waals surface area contributed by atoms with E-state index in [0.717, 1.165) is 102 Å². The predicted molar refractivity (Wildman–Crippen MR) is 372 cm³/mol. The molecule has 2 unspecified atom stereocenters. The maximum absolute atomic E-state index is 13.1. The van der Waals surface area contributed by atoms with Crippen LogP contribution >= 0.6 is 15.6 Å². The van der Waals surface area contributed by atoms with E-state index in [4.69, 9.17) is 37.0 Å². The molecule has 546 valence electrons. The fourth-order valence-electron chi connectivity index (χ4n) is 11.1. The molecule has 5 atom stereocenters. The fourth-order valence-corrected chi connectivity index (χ4v) is 12.7. The summed E-state index contributed by atoms with van der Waals surface area (Å²) in [5.41, 5.74) is 0. The van der Waals surface area contributed by atoms with Gasteiger partial charge in [0.05, 0.1) is 26.4 Å². The summed E-state index contributed by atoms with van der Waals surface area (Å²) < 4.78 is 68.4. The number of carbonyl (C=O) groups is 4. The molecule has 0 aromatic rings. The molecule has 0 aliphatic carbocycles. The summed E-state index contributed by atoms with van der Waals surface area (Å²) >= 11 is 0. The first-order valence-corrected chi connectivity index (χ1v) is 41.0. The Morgan fingerprint density at radius 3 is 0.739 bits per heavy atom. The second kappa shape index (κ2) is 65.0. The monoisotopic (exact) mass is 1350 g/mol. The third kappa shape index (κ3) is 66.7. The lowest BCUT2D eigenvalue weighted by Gasteiger charge is -2.21. The van der Waals surface area contributed by atoms with E-state index >= 15 is 0 Å². The highest BCUT2D eigenvalue weighted by atomic mass is 31.2. The van der Waals surface area contributed by atoms with Gasteiger partial charge < -0.3 is 33.8 Å². The van der Waals surface area contributed by atoms with Crippen molar-refractivity contribution in [2.24, 2.45) is 11.8 Å². The number of carbonyl (C=O) groups excluding carboxylic acids is 4. The smallest absolute Gasteiger partial charge is 0.462 e. The molecule has 0 aromatic heterocycles. The zero-order chi connectivity index (χ0) is 67.9. The molecule has 0 radical (unpaired) electrons. The number of aliphatic hydroxyl groups is 1. The summed E-state index contributed by atoms with van der Waals surface area (Å²) in [6.07, 6.45) is 51.1. The molecule has 19 heteroatoms. The maximum atomic E-state index is 13.1. The van der Waals surface area contributed by atoms with Crippen LogP contribution in [0.15, 0.2) is 0 Å². The molecule has 0 aliphatic heterocycles. The fraction of sp³-hybridized carbons (Fsp3) is 0.945. The molecule has 0 heterocycles. The number of phosphoric ester groups is 2. The quantitative estimate of drug-likeness (QED) is 0.0222. The van der Waals surface area contributed by atoms with Crippen molar-refractivity contribution in [1.29, 1.82) is 0 Å². The van der Waals surface area contributed by atoms with Gasteiger partial charge in [-0.05, 0) is 37.5 Å². The average Bonchev–Trinajstić information content (AvgIpc) is 1.82. The minimum absolute atomic E-state index is 0.107. The van der Waals surface area contributed by atoms with Crippen LogP contribution in [0.25, 0.3) is 0 Å². The second-order valence-corrected chi connectivity index (χ2v) is 30.2. The summed E-state index contributed by atoms with van der Waals surface area (Å²) in [5, 5.41) is 10.6. The molecule has 3 N–H and O–H groups in total. The molecule has 0 aromatic carbocycles. The SMILES string of the molecule is CCCCCCCCCCCCCCC(=O)O[C@H](COC(=O)CCCCCCCCCCCCC)COP(=O)(O)OC[C@H](O)COP(=O)(O)OC[C@@H](COC(=O)CCCCCCCCCCCCCC(C)C)OC(=O)CCCCCCCCCCCCCCC(C)C. The molecule has 92 heavy (non-hydrogen) atoms. The molecule has 0 aliphatic rings. The highest BCUT2D eigenvalue weighted by Gasteiger charge is 2.30. The third-order valence-corrected chi connectivity index (χ3v) is 18.9. The van der Waals surface area contributed by atoms with E-state index in [1.54, 1.807) is 0 Å². The molecule has 0 spiro atoms. The van der Waals surface area contributed by atoms with Crippen LogP contribution in [-0.2, 0) is 65.4 Å².